The first-order valence-electron chi connectivity index (χ1n) is 4.75. The van der Waals surface area contributed by atoms with E-state index in [2.05, 4.69) is 22.6 Å². The van der Waals surface area contributed by atoms with Crippen LogP contribution < -0.4 is 0 Å². The molecule has 96 valence electrons. The molecular formula is C12H12O6. The fourth-order valence-corrected chi connectivity index (χ4v) is 0.561. The topological polar surface area (TPSA) is 86.7 Å². The predicted molar refractivity (Wildman–Crippen MR) is 61.0 cm³/mol. The van der Waals surface area contributed by atoms with Crippen LogP contribution in [0, 0.1) is 0 Å². The minimum atomic E-state index is -1.07. The summed E-state index contributed by atoms with van der Waals surface area (Å²) in [6.45, 7) is 9.25. The summed E-state index contributed by atoms with van der Waals surface area (Å²) in [4.78, 5) is 43.8. The molecule has 0 rings (SSSR count). The third-order valence-corrected chi connectivity index (χ3v) is 1.44. The van der Waals surface area contributed by atoms with Crippen LogP contribution in [-0.2, 0) is 28.7 Å². The molecule has 0 radical (unpaired) electrons. The van der Waals surface area contributed by atoms with Crippen LogP contribution >= 0.6 is 0 Å². The molecule has 0 aromatic heterocycles. The van der Waals surface area contributed by atoms with Crippen molar-refractivity contribution in [3.05, 3.63) is 36.5 Å². The summed E-state index contributed by atoms with van der Waals surface area (Å²) in [6, 6.07) is 0. The van der Waals surface area contributed by atoms with Crippen molar-refractivity contribution in [2.24, 2.45) is 0 Å². The second-order valence-corrected chi connectivity index (χ2v) is 3.31. The highest BCUT2D eigenvalue weighted by Gasteiger charge is 2.11. The van der Waals surface area contributed by atoms with Crippen molar-refractivity contribution in [3.63, 3.8) is 0 Å². The summed E-state index contributed by atoms with van der Waals surface area (Å²) >= 11 is 0. The summed E-state index contributed by atoms with van der Waals surface area (Å²) in [5.74, 6) is -3.95. The fraction of sp³-hybridized carbons (Fsp3) is 0.167. The molecule has 0 aliphatic carbocycles. The van der Waals surface area contributed by atoms with E-state index in [0.29, 0.717) is 12.2 Å². The third kappa shape index (κ3) is 6.16. The van der Waals surface area contributed by atoms with Crippen molar-refractivity contribution < 1.29 is 28.7 Å². The van der Waals surface area contributed by atoms with Crippen LogP contribution in [0.4, 0.5) is 0 Å². The second kappa shape index (κ2) is 6.95. The van der Waals surface area contributed by atoms with Gasteiger partial charge in [0.15, 0.2) is 0 Å². The van der Waals surface area contributed by atoms with E-state index in [1.165, 1.54) is 13.8 Å². The van der Waals surface area contributed by atoms with Gasteiger partial charge in [0, 0.05) is 23.3 Å². The molecule has 0 unspecified atom stereocenters. The molecule has 0 fully saturated rings. The van der Waals surface area contributed by atoms with E-state index in [9.17, 15) is 19.2 Å². The van der Waals surface area contributed by atoms with Gasteiger partial charge in [0.25, 0.3) is 0 Å². The molecule has 0 spiro atoms. The molecule has 6 heteroatoms. The lowest BCUT2D eigenvalue weighted by Crippen LogP contribution is -2.13. The molecular weight excluding hydrogens is 240 g/mol. The first kappa shape index (κ1) is 15.5. The summed E-state index contributed by atoms with van der Waals surface area (Å²) in [5, 5.41) is 0. The predicted octanol–water partition coefficient (Wildman–Crippen LogP) is 0.834. The number of esters is 4. The third-order valence-electron chi connectivity index (χ3n) is 1.44. The zero-order chi connectivity index (χ0) is 14.3. The number of hydrogen-bond donors (Lipinski definition) is 0. The van der Waals surface area contributed by atoms with Gasteiger partial charge in [-0.2, -0.15) is 0 Å². The smallest absolute Gasteiger partial charge is 0.340 e. The Morgan fingerprint density at radius 2 is 1.06 bits per heavy atom. The average molecular weight is 252 g/mol. The van der Waals surface area contributed by atoms with Crippen molar-refractivity contribution in [2.45, 2.75) is 13.8 Å². The minimum absolute atomic E-state index is 0.0387. The van der Waals surface area contributed by atoms with Crippen molar-refractivity contribution in [2.75, 3.05) is 0 Å². The van der Waals surface area contributed by atoms with Gasteiger partial charge in [-0.25, -0.2) is 19.2 Å². The Labute approximate surface area is 104 Å². The average Bonchev–Trinajstić information content (AvgIpc) is 2.25. The highest BCUT2D eigenvalue weighted by molar-refractivity contribution is 6.03. The molecule has 0 saturated heterocycles. The number of carbonyl (C=O) groups is 4. The Hall–Kier alpha value is -2.50. The zero-order valence-corrected chi connectivity index (χ0v) is 10.0. The van der Waals surface area contributed by atoms with Gasteiger partial charge in [-0.3, -0.25) is 0 Å². The number of ether oxygens (including phenoxy) is 2. The maximum absolute atomic E-state index is 11.0. The van der Waals surface area contributed by atoms with E-state index in [-0.39, 0.29) is 11.1 Å². The zero-order valence-electron chi connectivity index (χ0n) is 10.0. The number of hydrogen-bond acceptors (Lipinski definition) is 6. The Morgan fingerprint density at radius 1 is 0.778 bits per heavy atom. The van der Waals surface area contributed by atoms with Gasteiger partial charge >= 0.3 is 23.9 Å². The van der Waals surface area contributed by atoms with Gasteiger partial charge in [0.05, 0.1) is 0 Å². The maximum atomic E-state index is 11.0. The van der Waals surface area contributed by atoms with Gasteiger partial charge < -0.3 is 9.47 Å². The van der Waals surface area contributed by atoms with E-state index in [1.807, 2.05) is 0 Å². The lowest BCUT2D eigenvalue weighted by molar-refractivity contribution is -0.156. The molecule has 0 bridgehead atoms. The molecule has 0 atom stereocenters. The molecule has 18 heavy (non-hydrogen) atoms. The highest BCUT2D eigenvalue weighted by atomic mass is 16.6. The van der Waals surface area contributed by atoms with E-state index in [1.54, 1.807) is 0 Å². The molecule has 0 N–H and O–H groups in total. The summed E-state index contributed by atoms with van der Waals surface area (Å²) in [7, 11) is 0. The normalized spacial score (nSPS) is 9.67. The van der Waals surface area contributed by atoms with Gasteiger partial charge in [0.1, 0.15) is 0 Å². The Bertz CT molecular complexity index is 413. The first-order chi connectivity index (χ1) is 8.23. The molecule has 0 aromatic carbocycles. The van der Waals surface area contributed by atoms with Gasteiger partial charge in [0.2, 0.25) is 0 Å². The Balaban J connectivity index is 4.31. The minimum Gasteiger partial charge on any atom is -0.386 e. The van der Waals surface area contributed by atoms with E-state index < -0.39 is 23.9 Å². The SMILES string of the molecule is C=C(C)C(=O)OC(=O)/C=C/C(=O)OC(=O)C(=C)C. The van der Waals surface area contributed by atoms with Crippen LogP contribution in [0.2, 0.25) is 0 Å². The molecule has 0 saturated carbocycles. The van der Waals surface area contributed by atoms with Crippen LogP contribution in [-0.4, -0.2) is 23.9 Å². The quantitative estimate of drug-likeness (QED) is 0.418. The van der Waals surface area contributed by atoms with Crippen molar-refractivity contribution in [3.8, 4) is 0 Å². The van der Waals surface area contributed by atoms with E-state index >= 15 is 0 Å². The molecule has 0 aromatic rings. The van der Waals surface area contributed by atoms with Crippen LogP contribution in [0.25, 0.3) is 0 Å². The largest absolute Gasteiger partial charge is 0.386 e. The van der Waals surface area contributed by atoms with Gasteiger partial charge in [-0.15, -0.1) is 0 Å². The van der Waals surface area contributed by atoms with E-state index in [4.69, 9.17) is 0 Å². The fourth-order valence-electron chi connectivity index (χ4n) is 0.561. The summed E-state index contributed by atoms with van der Waals surface area (Å²) < 4.78 is 8.48. The van der Waals surface area contributed by atoms with Crippen molar-refractivity contribution >= 4 is 23.9 Å². The molecule has 6 nitrogen and oxygen atoms in total. The highest BCUT2D eigenvalue weighted by Crippen LogP contribution is 1.96. The van der Waals surface area contributed by atoms with Crippen LogP contribution in [0.3, 0.4) is 0 Å². The Kier molecular flexibility index (Phi) is 5.98. The monoisotopic (exact) mass is 252 g/mol. The summed E-state index contributed by atoms with van der Waals surface area (Å²) in [5.41, 5.74) is 0.0774. The number of rotatable bonds is 4. The Morgan fingerprint density at radius 3 is 1.28 bits per heavy atom. The van der Waals surface area contributed by atoms with Crippen molar-refractivity contribution in [1.82, 2.24) is 0 Å². The lowest BCUT2D eigenvalue weighted by atomic mass is 10.3. The molecule has 0 aliphatic rings. The van der Waals surface area contributed by atoms with E-state index in [0.717, 1.165) is 0 Å². The number of carbonyl (C=O) groups excluding carboxylic acids is 4. The molecule has 0 amide bonds. The standard InChI is InChI=1S/C12H12O6/c1-7(2)11(15)17-9(13)5-6-10(14)18-12(16)8(3)4/h5-6H,1,3H2,2,4H3/b6-5+. The van der Waals surface area contributed by atoms with Gasteiger partial charge in [-0.05, 0) is 13.8 Å². The van der Waals surface area contributed by atoms with Crippen LogP contribution in [0.5, 0.6) is 0 Å². The lowest BCUT2D eigenvalue weighted by Gasteiger charge is -1.98. The van der Waals surface area contributed by atoms with Crippen LogP contribution in [0.15, 0.2) is 36.5 Å². The first-order valence-corrected chi connectivity index (χ1v) is 4.75. The second-order valence-electron chi connectivity index (χ2n) is 3.31. The van der Waals surface area contributed by atoms with Crippen molar-refractivity contribution in [1.29, 1.82) is 0 Å². The maximum Gasteiger partial charge on any atom is 0.340 e. The van der Waals surface area contributed by atoms with Crippen LogP contribution in [0.1, 0.15) is 13.8 Å². The van der Waals surface area contributed by atoms with Gasteiger partial charge in [-0.1, -0.05) is 13.2 Å². The summed E-state index contributed by atoms with van der Waals surface area (Å²) in [6.07, 6.45) is 1.32. The molecule has 0 aliphatic heterocycles. The molecule has 0 heterocycles.